The summed E-state index contributed by atoms with van der Waals surface area (Å²) >= 11 is 0. The van der Waals surface area contributed by atoms with Crippen molar-refractivity contribution in [3.63, 3.8) is 0 Å². The molecule has 0 spiro atoms. The van der Waals surface area contributed by atoms with Gasteiger partial charge < -0.3 is 5.32 Å². The van der Waals surface area contributed by atoms with Gasteiger partial charge in [0.25, 0.3) is 5.91 Å². The van der Waals surface area contributed by atoms with Gasteiger partial charge in [0.1, 0.15) is 5.82 Å². The smallest absolute Gasteiger partial charge is 0.252 e. The van der Waals surface area contributed by atoms with Crippen molar-refractivity contribution in [2.75, 3.05) is 11.5 Å². The molecular formula is C24H27FN4O3S. The number of halogens is 1. The zero-order chi connectivity index (χ0) is 23.2. The maximum atomic E-state index is 14.6. The Morgan fingerprint density at radius 1 is 1.15 bits per heavy atom. The molecule has 1 saturated heterocycles. The maximum absolute atomic E-state index is 14.6. The van der Waals surface area contributed by atoms with E-state index in [9.17, 15) is 17.6 Å². The van der Waals surface area contributed by atoms with Crippen LogP contribution >= 0.6 is 0 Å². The van der Waals surface area contributed by atoms with E-state index >= 15 is 0 Å². The molecule has 1 aromatic carbocycles. The molecule has 3 aromatic rings. The lowest BCUT2D eigenvalue weighted by Crippen LogP contribution is -2.36. The van der Waals surface area contributed by atoms with Gasteiger partial charge in [-0.25, -0.2) is 22.5 Å². The first kappa shape index (κ1) is 22.0. The van der Waals surface area contributed by atoms with Gasteiger partial charge in [0.05, 0.1) is 39.9 Å². The highest BCUT2D eigenvalue weighted by Gasteiger charge is 2.33. The minimum absolute atomic E-state index is 0.0154. The number of carbonyl (C=O) groups excluding carboxylic acids is 1. The Morgan fingerprint density at radius 3 is 2.61 bits per heavy atom. The monoisotopic (exact) mass is 470 g/mol. The number of nitrogens with zero attached hydrogens (tertiary/aromatic N) is 3. The number of hydrogen-bond acceptors (Lipinski definition) is 5. The third kappa shape index (κ3) is 4.26. The summed E-state index contributed by atoms with van der Waals surface area (Å²) in [4.78, 5) is 18.1. The zero-order valence-electron chi connectivity index (χ0n) is 18.6. The summed E-state index contributed by atoms with van der Waals surface area (Å²) in [5.41, 5.74) is 2.04. The molecule has 1 atom stereocenters. The molecule has 1 N–H and O–H groups in total. The predicted octanol–water partition coefficient (Wildman–Crippen LogP) is 3.97. The van der Waals surface area contributed by atoms with E-state index in [4.69, 9.17) is 4.98 Å². The van der Waals surface area contributed by atoms with Crippen LogP contribution in [-0.4, -0.2) is 46.6 Å². The van der Waals surface area contributed by atoms with E-state index < -0.39 is 15.7 Å². The lowest BCUT2D eigenvalue weighted by molar-refractivity contribution is 0.0929. The average molecular weight is 471 g/mol. The summed E-state index contributed by atoms with van der Waals surface area (Å²) in [7, 11) is -3.15. The highest BCUT2D eigenvalue weighted by molar-refractivity contribution is 7.91. The van der Waals surface area contributed by atoms with Gasteiger partial charge in [0.15, 0.2) is 15.5 Å². The molecule has 3 heterocycles. The third-order valence-electron chi connectivity index (χ3n) is 6.73. The van der Waals surface area contributed by atoms with Crippen LogP contribution in [0.1, 0.15) is 60.6 Å². The van der Waals surface area contributed by atoms with E-state index in [1.54, 1.807) is 35.9 Å². The SMILES string of the molecule is Cc1nn(C2CCS(=O)(=O)C2)c2nc(-c3ccccc3F)cc(C(=O)NC3CCCCC3)c12. The van der Waals surface area contributed by atoms with Crippen molar-refractivity contribution in [1.82, 2.24) is 20.1 Å². The topological polar surface area (TPSA) is 93.9 Å². The van der Waals surface area contributed by atoms with Crippen LogP contribution in [0.25, 0.3) is 22.3 Å². The largest absolute Gasteiger partial charge is 0.349 e. The summed E-state index contributed by atoms with van der Waals surface area (Å²) in [5, 5.41) is 8.34. The number of sulfone groups is 1. The Kier molecular flexibility index (Phi) is 5.68. The van der Waals surface area contributed by atoms with Gasteiger partial charge in [-0.15, -0.1) is 0 Å². The molecule has 1 unspecified atom stereocenters. The van der Waals surface area contributed by atoms with Crippen molar-refractivity contribution in [1.29, 1.82) is 0 Å². The molecule has 1 aliphatic heterocycles. The molecule has 2 fully saturated rings. The van der Waals surface area contributed by atoms with Crippen molar-refractivity contribution >= 4 is 26.8 Å². The number of pyridine rings is 1. The van der Waals surface area contributed by atoms with Crippen LogP contribution in [0.3, 0.4) is 0 Å². The number of fused-ring (bicyclic) bond motifs is 1. The number of nitrogens with one attached hydrogen (secondary N) is 1. The maximum Gasteiger partial charge on any atom is 0.252 e. The second kappa shape index (κ2) is 8.52. The molecule has 174 valence electrons. The van der Waals surface area contributed by atoms with E-state index in [1.807, 2.05) is 0 Å². The molecule has 9 heteroatoms. The fraction of sp³-hybridized carbons (Fsp3) is 0.458. The third-order valence-corrected chi connectivity index (χ3v) is 8.48. The summed E-state index contributed by atoms with van der Waals surface area (Å²) < 4.78 is 40.5. The van der Waals surface area contributed by atoms with Gasteiger partial charge in [-0.2, -0.15) is 5.10 Å². The molecule has 0 radical (unpaired) electrons. The highest BCUT2D eigenvalue weighted by Crippen LogP contribution is 2.33. The van der Waals surface area contributed by atoms with E-state index in [-0.39, 0.29) is 35.1 Å². The Labute approximate surface area is 192 Å². The quantitative estimate of drug-likeness (QED) is 0.623. The molecule has 5 rings (SSSR count). The van der Waals surface area contributed by atoms with Gasteiger partial charge in [-0.05, 0) is 44.4 Å². The normalized spacial score (nSPS) is 20.8. The van der Waals surface area contributed by atoms with Crippen molar-refractivity contribution in [2.45, 2.75) is 57.5 Å². The van der Waals surface area contributed by atoms with Crippen LogP contribution in [0.2, 0.25) is 0 Å². The summed E-state index contributed by atoms with van der Waals surface area (Å²) in [6, 6.07) is 7.69. The first-order valence-corrected chi connectivity index (χ1v) is 13.3. The van der Waals surface area contributed by atoms with Gasteiger partial charge in [-0.3, -0.25) is 4.79 Å². The van der Waals surface area contributed by atoms with Crippen molar-refractivity contribution < 1.29 is 17.6 Å². The van der Waals surface area contributed by atoms with Crippen molar-refractivity contribution in [3.05, 3.63) is 47.4 Å². The first-order chi connectivity index (χ1) is 15.8. The Morgan fingerprint density at radius 2 is 1.91 bits per heavy atom. The van der Waals surface area contributed by atoms with Crippen LogP contribution in [0.5, 0.6) is 0 Å². The van der Waals surface area contributed by atoms with E-state index in [1.165, 1.54) is 12.5 Å². The molecule has 2 aliphatic rings. The Bertz CT molecular complexity index is 1330. The van der Waals surface area contributed by atoms with Crippen LogP contribution in [-0.2, 0) is 9.84 Å². The molecule has 1 saturated carbocycles. The molecule has 33 heavy (non-hydrogen) atoms. The highest BCUT2D eigenvalue weighted by atomic mass is 32.2. The van der Waals surface area contributed by atoms with Crippen molar-refractivity contribution in [3.8, 4) is 11.3 Å². The second-order valence-electron chi connectivity index (χ2n) is 9.13. The predicted molar refractivity (Wildman–Crippen MR) is 124 cm³/mol. The molecular weight excluding hydrogens is 443 g/mol. The van der Waals surface area contributed by atoms with Gasteiger partial charge in [0, 0.05) is 11.6 Å². The van der Waals surface area contributed by atoms with E-state index in [2.05, 4.69) is 10.4 Å². The number of amides is 1. The van der Waals surface area contributed by atoms with Gasteiger partial charge >= 0.3 is 0 Å². The molecule has 1 aliphatic carbocycles. The molecule has 2 aromatic heterocycles. The number of benzene rings is 1. The average Bonchev–Trinajstić information content (AvgIpc) is 3.33. The van der Waals surface area contributed by atoms with Crippen LogP contribution in [0.15, 0.2) is 30.3 Å². The van der Waals surface area contributed by atoms with Crippen LogP contribution in [0.4, 0.5) is 4.39 Å². The Hall–Kier alpha value is -2.81. The number of aromatic nitrogens is 3. The zero-order valence-corrected chi connectivity index (χ0v) is 19.4. The van der Waals surface area contributed by atoms with Gasteiger partial charge in [-0.1, -0.05) is 31.4 Å². The minimum atomic E-state index is -3.15. The van der Waals surface area contributed by atoms with Crippen LogP contribution in [0, 0.1) is 12.7 Å². The molecule has 7 nitrogen and oxygen atoms in total. The van der Waals surface area contributed by atoms with E-state index in [0.717, 1.165) is 25.7 Å². The molecule has 0 bridgehead atoms. The fourth-order valence-corrected chi connectivity index (χ4v) is 6.72. The number of hydrogen-bond donors (Lipinski definition) is 1. The second-order valence-corrected chi connectivity index (χ2v) is 11.4. The fourth-order valence-electron chi connectivity index (χ4n) is 5.03. The lowest BCUT2D eigenvalue weighted by atomic mass is 9.95. The lowest BCUT2D eigenvalue weighted by Gasteiger charge is -2.23. The number of rotatable bonds is 4. The van der Waals surface area contributed by atoms with Crippen molar-refractivity contribution in [2.24, 2.45) is 0 Å². The first-order valence-electron chi connectivity index (χ1n) is 11.5. The summed E-state index contributed by atoms with van der Waals surface area (Å²) in [6.45, 7) is 1.80. The number of aryl methyl sites for hydroxylation is 1. The van der Waals surface area contributed by atoms with Crippen LogP contribution < -0.4 is 5.32 Å². The molecule has 1 amide bonds. The Balaban J connectivity index is 1.66. The summed E-state index contributed by atoms with van der Waals surface area (Å²) in [5.74, 6) is -0.582. The number of carbonyl (C=O) groups is 1. The van der Waals surface area contributed by atoms with Gasteiger partial charge in [0.2, 0.25) is 0 Å². The minimum Gasteiger partial charge on any atom is -0.349 e. The van der Waals surface area contributed by atoms with E-state index in [0.29, 0.717) is 34.4 Å². The summed E-state index contributed by atoms with van der Waals surface area (Å²) in [6.07, 6.45) is 5.68. The standard InChI is InChI=1S/C24H27FN4O3S/c1-15-22-19(24(30)26-16-7-3-2-4-8-16)13-21(18-9-5-6-10-20(18)25)27-23(22)29(28-15)17-11-12-33(31,32)14-17/h5-6,9-10,13,16-17H,2-4,7-8,11-12,14H2,1H3,(H,26,30).